The fraction of sp³-hybridized carbons (Fsp3) is 1.00. The van der Waals surface area contributed by atoms with Gasteiger partial charge in [-0.05, 0) is 19.3 Å². The summed E-state index contributed by atoms with van der Waals surface area (Å²) in [5.41, 5.74) is 5.68. The second kappa shape index (κ2) is 4.07. The van der Waals surface area contributed by atoms with Crippen molar-refractivity contribution < 1.29 is 0 Å². The Morgan fingerprint density at radius 2 is 2.18 bits per heavy atom. The Morgan fingerprint density at radius 1 is 1.55 bits per heavy atom. The molecule has 66 valence electrons. The molecule has 1 aliphatic heterocycles. The van der Waals surface area contributed by atoms with Crippen molar-refractivity contribution in [3.8, 4) is 0 Å². The summed E-state index contributed by atoms with van der Waals surface area (Å²) in [6.07, 6.45) is 2.73. The average Bonchev–Trinajstić information content (AvgIpc) is 1.82. The lowest BCUT2D eigenvalue weighted by molar-refractivity contribution is 0.0890. The van der Waals surface area contributed by atoms with Crippen LogP contribution in [0.2, 0.25) is 0 Å². The molecule has 2 heteroatoms. The minimum atomic E-state index is 0.345. The quantitative estimate of drug-likeness (QED) is 0.659. The Balaban J connectivity index is 2.00. The third-order valence-electron chi connectivity index (χ3n) is 2.28. The van der Waals surface area contributed by atoms with Crippen molar-refractivity contribution in [1.82, 2.24) is 4.90 Å². The molecule has 1 saturated heterocycles. The van der Waals surface area contributed by atoms with Crippen molar-refractivity contribution in [2.75, 3.05) is 19.6 Å². The molecule has 2 N–H and O–H groups in total. The van der Waals surface area contributed by atoms with E-state index in [0.717, 1.165) is 12.5 Å². The summed E-state index contributed by atoms with van der Waals surface area (Å²) in [5, 5.41) is 0. The van der Waals surface area contributed by atoms with E-state index in [9.17, 15) is 0 Å². The molecule has 1 aliphatic rings. The monoisotopic (exact) mass is 156 g/mol. The number of nitrogens with zero attached hydrogens (tertiary/aromatic N) is 1. The van der Waals surface area contributed by atoms with Crippen molar-refractivity contribution in [1.29, 1.82) is 0 Å². The minimum Gasteiger partial charge on any atom is -0.327 e. The number of nitrogens with two attached hydrogens (primary N) is 1. The molecular weight excluding hydrogens is 136 g/mol. The zero-order valence-electron chi connectivity index (χ0n) is 7.71. The second-order valence-electron chi connectivity index (χ2n) is 3.85. The van der Waals surface area contributed by atoms with Crippen LogP contribution in [0.4, 0.5) is 0 Å². The zero-order chi connectivity index (χ0) is 8.27. The van der Waals surface area contributed by atoms with Crippen LogP contribution in [0, 0.1) is 5.92 Å². The van der Waals surface area contributed by atoms with Crippen LogP contribution in [0.25, 0.3) is 0 Å². The van der Waals surface area contributed by atoms with E-state index in [0.29, 0.717) is 6.04 Å². The van der Waals surface area contributed by atoms with Gasteiger partial charge in [-0.1, -0.05) is 13.3 Å². The highest BCUT2D eigenvalue weighted by Crippen LogP contribution is 2.19. The molecule has 11 heavy (non-hydrogen) atoms. The van der Waals surface area contributed by atoms with Gasteiger partial charge < -0.3 is 10.6 Å². The van der Waals surface area contributed by atoms with E-state index in [1.54, 1.807) is 0 Å². The average molecular weight is 156 g/mol. The fourth-order valence-corrected chi connectivity index (χ4v) is 1.82. The van der Waals surface area contributed by atoms with Gasteiger partial charge in [0.25, 0.3) is 0 Å². The maximum atomic E-state index is 5.68. The van der Waals surface area contributed by atoms with Gasteiger partial charge >= 0.3 is 0 Å². The Labute approximate surface area is 69.8 Å². The van der Waals surface area contributed by atoms with E-state index in [4.69, 9.17) is 5.73 Å². The molecule has 2 nitrogen and oxygen atoms in total. The second-order valence-corrected chi connectivity index (χ2v) is 3.85. The van der Waals surface area contributed by atoms with E-state index in [1.807, 2.05) is 0 Å². The van der Waals surface area contributed by atoms with Gasteiger partial charge in [-0.2, -0.15) is 0 Å². The first-order chi connectivity index (χ1) is 5.22. The number of likely N-dealkylation sites (tertiary alicyclic amines) is 1. The predicted molar refractivity (Wildman–Crippen MR) is 48.5 cm³/mol. The molecule has 1 fully saturated rings. The van der Waals surface area contributed by atoms with E-state index >= 15 is 0 Å². The molecule has 0 amide bonds. The molecule has 1 atom stereocenters. The van der Waals surface area contributed by atoms with Crippen molar-refractivity contribution in [2.45, 2.75) is 32.7 Å². The highest BCUT2D eigenvalue weighted by Gasteiger charge is 2.25. The summed E-state index contributed by atoms with van der Waals surface area (Å²) in [6, 6.07) is 0.345. The molecule has 0 saturated carbocycles. The van der Waals surface area contributed by atoms with Crippen LogP contribution in [0.3, 0.4) is 0 Å². The maximum absolute atomic E-state index is 5.68. The summed E-state index contributed by atoms with van der Waals surface area (Å²) in [6.45, 7) is 7.99. The minimum absolute atomic E-state index is 0.345. The van der Waals surface area contributed by atoms with Gasteiger partial charge in [0.15, 0.2) is 0 Å². The zero-order valence-corrected chi connectivity index (χ0v) is 7.71. The topological polar surface area (TPSA) is 29.3 Å². The predicted octanol–water partition coefficient (Wildman–Crippen LogP) is 1.07. The first-order valence-corrected chi connectivity index (χ1v) is 4.70. The maximum Gasteiger partial charge on any atom is 0.0139 e. The molecule has 0 aromatic carbocycles. The summed E-state index contributed by atoms with van der Waals surface area (Å²) in [5.74, 6) is 0.971. The molecule has 0 spiro atoms. The molecule has 1 rings (SSSR count). The van der Waals surface area contributed by atoms with Gasteiger partial charge in [-0.3, -0.25) is 0 Å². The third-order valence-corrected chi connectivity index (χ3v) is 2.28. The molecule has 0 aromatic heterocycles. The first-order valence-electron chi connectivity index (χ1n) is 4.70. The smallest absolute Gasteiger partial charge is 0.0139 e. The van der Waals surface area contributed by atoms with Crippen LogP contribution in [-0.2, 0) is 0 Å². The van der Waals surface area contributed by atoms with Crippen LogP contribution >= 0.6 is 0 Å². The standard InChI is InChI=1S/C9H20N2/c1-3-4-9-6-11(7-9)5-8(2)10/h8-9H,3-7,10H2,1-2H3. The van der Waals surface area contributed by atoms with Crippen LogP contribution in [0.15, 0.2) is 0 Å². The van der Waals surface area contributed by atoms with Gasteiger partial charge in [-0.15, -0.1) is 0 Å². The number of hydrogen-bond acceptors (Lipinski definition) is 2. The van der Waals surface area contributed by atoms with Crippen LogP contribution in [-0.4, -0.2) is 30.6 Å². The molecule has 1 heterocycles. The van der Waals surface area contributed by atoms with Crippen molar-refractivity contribution in [3.63, 3.8) is 0 Å². The van der Waals surface area contributed by atoms with Crippen molar-refractivity contribution >= 4 is 0 Å². The van der Waals surface area contributed by atoms with Crippen LogP contribution in [0.1, 0.15) is 26.7 Å². The van der Waals surface area contributed by atoms with Gasteiger partial charge in [0, 0.05) is 25.7 Å². The normalized spacial score (nSPS) is 23.2. The van der Waals surface area contributed by atoms with Crippen LogP contribution < -0.4 is 5.73 Å². The highest BCUT2D eigenvalue weighted by atomic mass is 15.2. The SMILES string of the molecule is CCCC1CN(CC(C)N)C1. The van der Waals surface area contributed by atoms with Gasteiger partial charge in [0.2, 0.25) is 0 Å². The first kappa shape index (κ1) is 9.01. The van der Waals surface area contributed by atoms with E-state index in [2.05, 4.69) is 18.7 Å². The number of rotatable bonds is 4. The molecule has 0 aromatic rings. The van der Waals surface area contributed by atoms with E-state index in [-0.39, 0.29) is 0 Å². The molecular formula is C9H20N2. The van der Waals surface area contributed by atoms with Crippen molar-refractivity contribution in [3.05, 3.63) is 0 Å². The van der Waals surface area contributed by atoms with Gasteiger partial charge in [-0.25, -0.2) is 0 Å². The Hall–Kier alpha value is -0.0800. The van der Waals surface area contributed by atoms with E-state index in [1.165, 1.54) is 25.9 Å². The largest absolute Gasteiger partial charge is 0.327 e. The summed E-state index contributed by atoms with van der Waals surface area (Å²) >= 11 is 0. The lowest BCUT2D eigenvalue weighted by atomic mass is 9.95. The summed E-state index contributed by atoms with van der Waals surface area (Å²) in [4.78, 5) is 2.45. The molecule has 0 radical (unpaired) electrons. The summed E-state index contributed by atoms with van der Waals surface area (Å²) in [7, 11) is 0. The lowest BCUT2D eigenvalue weighted by Crippen LogP contribution is -2.50. The third kappa shape index (κ3) is 2.80. The fourth-order valence-electron chi connectivity index (χ4n) is 1.82. The van der Waals surface area contributed by atoms with Crippen molar-refractivity contribution in [2.24, 2.45) is 11.7 Å². The molecule has 0 bridgehead atoms. The highest BCUT2D eigenvalue weighted by molar-refractivity contribution is 4.80. The lowest BCUT2D eigenvalue weighted by Gasteiger charge is -2.40. The Kier molecular flexibility index (Phi) is 3.34. The van der Waals surface area contributed by atoms with E-state index < -0.39 is 0 Å². The van der Waals surface area contributed by atoms with Gasteiger partial charge in [0.05, 0.1) is 0 Å². The van der Waals surface area contributed by atoms with Gasteiger partial charge in [0.1, 0.15) is 0 Å². The Bertz CT molecular complexity index is 106. The Morgan fingerprint density at radius 3 is 2.64 bits per heavy atom. The molecule has 1 unspecified atom stereocenters. The summed E-state index contributed by atoms with van der Waals surface area (Å²) < 4.78 is 0. The van der Waals surface area contributed by atoms with Crippen LogP contribution in [0.5, 0.6) is 0 Å². The number of hydrogen-bond donors (Lipinski definition) is 1. The molecule has 0 aliphatic carbocycles.